The first-order valence-electron chi connectivity index (χ1n) is 4.99. The van der Waals surface area contributed by atoms with Crippen LogP contribution in [0.2, 0.25) is 5.02 Å². The maximum atomic E-state index is 11.4. The highest BCUT2D eigenvalue weighted by Gasteiger charge is 2.35. The van der Waals surface area contributed by atoms with Gasteiger partial charge in [-0.2, -0.15) is 0 Å². The Morgan fingerprint density at radius 2 is 2.12 bits per heavy atom. The molecule has 0 bridgehead atoms. The smallest absolute Gasteiger partial charge is 0.411 e. The summed E-state index contributed by atoms with van der Waals surface area (Å²) in [6.07, 6.45) is -1.68. The average molecular weight is 256 g/mol. The predicted octanol–water partition coefficient (Wildman–Crippen LogP) is 1.75. The third kappa shape index (κ3) is 2.68. The zero-order chi connectivity index (χ0) is 12.4. The molecule has 0 radical (unpaired) electrons. The second-order valence-electron chi connectivity index (χ2n) is 3.72. The summed E-state index contributed by atoms with van der Waals surface area (Å²) in [6.45, 7) is 0.385. The minimum absolute atomic E-state index is 0.0663. The minimum atomic E-state index is -1.13. The number of rotatable bonds is 3. The van der Waals surface area contributed by atoms with Gasteiger partial charge in [-0.15, -0.1) is 0 Å². The largest absolute Gasteiger partial charge is 0.478 e. The van der Waals surface area contributed by atoms with E-state index in [0.29, 0.717) is 11.6 Å². The second kappa shape index (κ2) is 4.63. The van der Waals surface area contributed by atoms with Gasteiger partial charge in [0.25, 0.3) is 0 Å². The number of benzene rings is 1. The van der Waals surface area contributed by atoms with Crippen LogP contribution in [-0.2, 0) is 16.1 Å². The van der Waals surface area contributed by atoms with Crippen LogP contribution in [0, 0.1) is 0 Å². The van der Waals surface area contributed by atoms with Crippen molar-refractivity contribution in [1.29, 1.82) is 0 Å². The molecule has 0 aromatic heterocycles. The van der Waals surface area contributed by atoms with Gasteiger partial charge in [0.2, 0.25) is 6.10 Å². The SMILES string of the molecule is O=C(O)[C@H]1CN(Cc2ccc(Cl)cc2)C(=O)O1. The van der Waals surface area contributed by atoms with Crippen LogP contribution in [0.3, 0.4) is 0 Å². The van der Waals surface area contributed by atoms with Crippen molar-refractivity contribution in [3.8, 4) is 0 Å². The summed E-state index contributed by atoms with van der Waals surface area (Å²) >= 11 is 5.74. The van der Waals surface area contributed by atoms with Crippen molar-refractivity contribution in [1.82, 2.24) is 4.90 Å². The van der Waals surface area contributed by atoms with E-state index < -0.39 is 18.2 Å². The molecule has 1 fully saturated rings. The lowest BCUT2D eigenvalue weighted by Gasteiger charge is -2.12. The Hall–Kier alpha value is -1.75. The molecule has 1 heterocycles. The summed E-state index contributed by atoms with van der Waals surface area (Å²) in [5.41, 5.74) is 0.873. The van der Waals surface area contributed by atoms with Crippen molar-refractivity contribution in [3.05, 3.63) is 34.9 Å². The molecule has 0 spiro atoms. The maximum Gasteiger partial charge on any atom is 0.411 e. The third-order valence-corrected chi connectivity index (χ3v) is 2.70. The first kappa shape index (κ1) is 11.7. The fourth-order valence-corrected chi connectivity index (χ4v) is 1.70. The number of aliphatic carboxylic acids is 1. The van der Waals surface area contributed by atoms with E-state index >= 15 is 0 Å². The number of carbonyl (C=O) groups is 2. The van der Waals surface area contributed by atoms with Gasteiger partial charge in [0.05, 0.1) is 6.54 Å². The van der Waals surface area contributed by atoms with Gasteiger partial charge in [-0.25, -0.2) is 9.59 Å². The van der Waals surface area contributed by atoms with Crippen LogP contribution >= 0.6 is 11.6 Å². The number of nitrogens with zero attached hydrogens (tertiary/aromatic N) is 1. The van der Waals surface area contributed by atoms with E-state index in [4.69, 9.17) is 21.4 Å². The molecule has 1 aliphatic rings. The number of carboxylic acids is 1. The van der Waals surface area contributed by atoms with Gasteiger partial charge in [-0.05, 0) is 17.7 Å². The summed E-state index contributed by atoms with van der Waals surface area (Å²) in [5.74, 6) is -1.13. The Kier molecular flexibility index (Phi) is 3.19. The maximum absolute atomic E-state index is 11.4. The van der Waals surface area contributed by atoms with Crippen molar-refractivity contribution in [2.45, 2.75) is 12.6 Å². The van der Waals surface area contributed by atoms with Crippen molar-refractivity contribution in [2.75, 3.05) is 6.54 Å². The van der Waals surface area contributed by atoms with Gasteiger partial charge >= 0.3 is 12.1 Å². The Morgan fingerprint density at radius 3 is 2.65 bits per heavy atom. The molecule has 6 heteroatoms. The first-order chi connectivity index (χ1) is 8.06. The zero-order valence-electron chi connectivity index (χ0n) is 8.80. The number of carbonyl (C=O) groups excluding carboxylic acids is 1. The quantitative estimate of drug-likeness (QED) is 0.893. The predicted molar refractivity (Wildman–Crippen MR) is 59.8 cm³/mol. The van der Waals surface area contributed by atoms with Gasteiger partial charge in [-0.3, -0.25) is 4.90 Å². The Bertz CT molecular complexity index is 445. The van der Waals surface area contributed by atoms with Gasteiger partial charge in [0, 0.05) is 11.6 Å². The van der Waals surface area contributed by atoms with Crippen molar-refractivity contribution in [2.24, 2.45) is 0 Å². The Balaban J connectivity index is 2.02. The number of cyclic esters (lactones) is 1. The van der Waals surface area contributed by atoms with Crippen LogP contribution in [0.5, 0.6) is 0 Å². The number of amides is 1. The minimum Gasteiger partial charge on any atom is -0.478 e. The van der Waals surface area contributed by atoms with E-state index in [2.05, 4.69) is 0 Å². The highest BCUT2D eigenvalue weighted by Crippen LogP contribution is 2.16. The Labute approximate surface area is 103 Å². The molecule has 1 aliphatic heterocycles. The van der Waals surface area contributed by atoms with Gasteiger partial charge in [-0.1, -0.05) is 23.7 Å². The summed E-state index contributed by atoms with van der Waals surface area (Å²) in [4.78, 5) is 23.4. The highest BCUT2D eigenvalue weighted by atomic mass is 35.5. The molecule has 90 valence electrons. The molecule has 1 saturated heterocycles. The van der Waals surface area contributed by atoms with E-state index in [1.165, 1.54) is 4.90 Å². The van der Waals surface area contributed by atoms with Gasteiger partial charge < -0.3 is 9.84 Å². The molecule has 1 aromatic carbocycles. The van der Waals surface area contributed by atoms with Crippen LogP contribution in [0.4, 0.5) is 4.79 Å². The van der Waals surface area contributed by atoms with Crippen LogP contribution < -0.4 is 0 Å². The third-order valence-electron chi connectivity index (χ3n) is 2.45. The Morgan fingerprint density at radius 1 is 1.47 bits per heavy atom. The molecule has 1 atom stereocenters. The topological polar surface area (TPSA) is 66.8 Å². The van der Waals surface area contributed by atoms with Crippen molar-refractivity contribution >= 4 is 23.7 Å². The van der Waals surface area contributed by atoms with Crippen molar-refractivity contribution in [3.63, 3.8) is 0 Å². The molecule has 0 saturated carbocycles. The lowest BCUT2D eigenvalue weighted by molar-refractivity contribution is -0.144. The zero-order valence-corrected chi connectivity index (χ0v) is 9.55. The fraction of sp³-hybridized carbons (Fsp3) is 0.273. The molecule has 1 amide bonds. The molecular weight excluding hydrogens is 246 g/mol. The monoisotopic (exact) mass is 255 g/mol. The standard InChI is InChI=1S/C11H10ClNO4/c12-8-3-1-7(2-4-8)5-13-6-9(10(14)15)17-11(13)16/h1-4,9H,5-6H2,(H,14,15)/t9-/m1/s1. The lowest BCUT2D eigenvalue weighted by atomic mass is 10.2. The number of ether oxygens (including phenoxy) is 1. The normalized spacial score (nSPS) is 19.2. The summed E-state index contributed by atoms with van der Waals surface area (Å²) in [7, 11) is 0. The molecule has 5 nitrogen and oxygen atoms in total. The molecule has 2 rings (SSSR count). The average Bonchev–Trinajstić information content (AvgIpc) is 2.64. The van der Waals surface area contributed by atoms with Crippen LogP contribution in [0.1, 0.15) is 5.56 Å². The van der Waals surface area contributed by atoms with Crippen LogP contribution in [0.25, 0.3) is 0 Å². The van der Waals surface area contributed by atoms with Crippen LogP contribution in [0.15, 0.2) is 24.3 Å². The number of carboxylic acid groups (broad SMARTS) is 1. The lowest BCUT2D eigenvalue weighted by Crippen LogP contribution is -2.27. The van der Waals surface area contributed by atoms with E-state index in [0.717, 1.165) is 5.56 Å². The summed E-state index contributed by atoms with van der Waals surface area (Å²) in [5, 5.41) is 9.34. The molecule has 0 unspecified atom stereocenters. The van der Waals surface area contributed by atoms with E-state index in [1.807, 2.05) is 0 Å². The summed E-state index contributed by atoms with van der Waals surface area (Å²) in [6, 6.07) is 6.99. The van der Waals surface area contributed by atoms with Gasteiger partial charge in [0.15, 0.2) is 0 Å². The van der Waals surface area contributed by atoms with Gasteiger partial charge in [0.1, 0.15) is 0 Å². The molecule has 1 aromatic rings. The van der Waals surface area contributed by atoms with E-state index in [1.54, 1.807) is 24.3 Å². The van der Waals surface area contributed by atoms with Crippen LogP contribution in [-0.4, -0.2) is 34.7 Å². The second-order valence-corrected chi connectivity index (χ2v) is 4.15. The first-order valence-corrected chi connectivity index (χ1v) is 5.37. The molecule has 17 heavy (non-hydrogen) atoms. The summed E-state index contributed by atoms with van der Waals surface area (Å²) < 4.78 is 4.69. The molecule has 1 N–H and O–H groups in total. The molecule has 0 aliphatic carbocycles. The number of hydrogen-bond acceptors (Lipinski definition) is 3. The number of hydrogen-bond donors (Lipinski definition) is 1. The van der Waals surface area contributed by atoms with Crippen molar-refractivity contribution < 1.29 is 19.4 Å². The van der Waals surface area contributed by atoms with E-state index in [-0.39, 0.29) is 6.54 Å². The fourth-order valence-electron chi connectivity index (χ4n) is 1.58. The number of halogens is 1. The van der Waals surface area contributed by atoms with E-state index in [9.17, 15) is 9.59 Å². The molecular formula is C11H10ClNO4. The highest BCUT2D eigenvalue weighted by molar-refractivity contribution is 6.30.